The Balaban J connectivity index is 3.01. The van der Waals surface area contributed by atoms with Gasteiger partial charge in [0, 0.05) is 24.6 Å². The Morgan fingerprint density at radius 1 is 1.71 bits per heavy atom. The number of hydrogen-bond donors (Lipinski definition) is 1. The average molecular weight is 216 g/mol. The molecular formula is C8H12N2O3S. The van der Waals surface area contributed by atoms with E-state index in [2.05, 4.69) is 0 Å². The molecule has 1 aromatic rings. The van der Waals surface area contributed by atoms with E-state index in [0.717, 1.165) is 16.2 Å². The quantitative estimate of drug-likeness (QED) is 0.610. The molecular weight excluding hydrogens is 204 g/mol. The summed E-state index contributed by atoms with van der Waals surface area (Å²) in [4.78, 5) is 10.8. The van der Waals surface area contributed by atoms with Gasteiger partial charge in [-0.2, -0.15) is 0 Å². The van der Waals surface area contributed by atoms with Gasteiger partial charge in [-0.15, -0.1) is 0 Å². The van der Waals surface area contributed by atoms with Crippen molar-refractivity contribution >= 4 is 16.3 Å². The molecule has 0 saturated carbocycles. The third kappa shape index (κ3) is 1.92. The molecule has 0 aliphatic rings. The SMILES string of the molecule is COC(C)(CN)c1ccc([N+](=O)[O-])s1. The van der Waals surface area contributed by atoms with E-state index >= 15 is 0 Å². The molecule has 0 fully saturated rings. The average Bonchev–Trinajstić information content (AvgIpc) is 2.66. The van der Waals surface area contributed by atoms with Gasteiger partial charge in [-0.05, 0) is 13.0 Å². The maximum Gasteiger partial charge on any atom is 0.324 e. The van der Waals surface area contributed by atoms with Crippen molar-refractivity contribution in [1.29, 1.82) is 0 Å². The minimum Gasteiger partial charge on any atom is -0.372 e. The van der Waals surface area contributed by atoms with E-state index < -0.39 is 10.5 Å². The zero-order valence-corrected chi connectivity index (χ0v) is 8.84. The van der Waals surface area contributed by atoms with Crippen LogP contribution in [0.25, 0.3) is 0 Å². The zero-order valence-electron chi connectivity index (χ0n) is 8.02. The van der Waals surface area contributed by atoms with Crippen LogP contribution in [0.1, 0.15) is 11.8 Å². The fourth-order valence-electron chi connectivity index (χ4n) is 0.995. The first-order valence-corrected chi connectivity index (χ1v) is 4.85. The van der Waals surface area contributed by atoms with Gasteiger partial charge in [0.2, 0.25) is 0 Å². The van der Waals surface area contributed by atoms with Crippen molar-refractivity contribution in [2.24, 2.45) is 5.73 Å². The van der Waals surface area contributed by atoms with Crippen LogP contribution in [-0.4, -0.2) is 18.6 Å². The van der Waals surface area contributed by atoms with Crippen molar-refractivity contribution < 1.29 is 9.66 Å². The van der Waals surface area contributed by atoms with Crippen molar-refractivity contribution in [2.45, 2.75) is 12.5 Å². The Morgan fingerprint density at radius 3 is 2.71 bits per heavy atom. The third-order valence-electron chi connectivity index (χ3n) is 2.13. The summed E-state index contributed by atoms with van der Waals surface area (Å²) >= 11 is 1.09. The molecule has 0 aromatic carbocycles. The number of rotatable bonds is 4. The van der Waals surface area contributed by atoms with E-state index in [0.29, 0.717) is 6.54 Å². The van der Waals surface area contributed by atoms with E-state index in [4.69, 9.17) is 10.5 Å². The van der Waals surface area contributed by atoms with Crippen molar-refractivity contribution in [3.63, 3.8) is 0 Å². The predicted octanol–water partition coefficient (Wildman–Crippen LogP) is 1.48. The molecule has 1 unspecified atom stereocenters. The lowest BCUT2D eigenvalue weighted by Crippen LogP contribution is -2.32. The van der Waals surface area contributed by atoms with Crippen LogP contribution in [0, 0.1) is 10.1 Å². The van der Waals surface area contributed by atoms with Crippen LogP contribution in [0.3, 0.4) is 0 Å². The van der Waals surface area contributed by atoms with Gasteiger partial charge in [-0.25, -0.2) is 0 Å². The molecule has 6 heteroatoms. The lowest BCUT2D eigenvalue weighted by atomic mass is 10.1. The van der Waals surface area contributed by atoms with Crippen molar-refractivity contribution in [3.8, 4) is 0 Å². The highest BCUT2D eigenvalue weighted by Crippen LogP contribution is 2.33. The highest BCUT2D eigenvalue weighted by Gasteiger charge is 2.28. The molecule has 0 spiro atoms. The van der Waals surface area contributed by atoms with Crippen molar-refractivity contribution in [2.75, 3.05) is 13.7 Å². The smallest absolute Gasteiger partial charge is 0.324 e. The highest BCUT2D eigenvalue weighted by atomic mass is 32.1. The van der Waals surface area contributed by atoms with Crippen LogP contribution in [0.15, 0.2) is 12.1 Å². The topological polar surface area (TPSA) is 78.4 Å². The number of thiophene rings is 1. The lowest BCUT2D eigenvalue weighted by molar-refractivity contribution is -0.380. The van der Waals surface area contributed by atoms with Crippen LogP contribution in [-0.2, 0) is 10.3 Å². The van der Waals surface area contributed by atoms with E-state index in [1.165, 1.54) is 6.07 Å². The molecule has 0 aliphatic heterocycles. The van der Waals surface area contributed by atoms with E-state index in [1.807, 2.05) is 6.92 Å². The third-order valence-corrected chi connectivity index (χ3v) is 3.42. The van der Waals surface area contributed by atoms with E-state index in [9.17, 15) is 10.1 Å². The minimum absolute atomic E-state index is 0.108. The number of nitrogens with two attached hydrogens (primary N) is 1. The number of ether oxygens (including phenoxy) is 1. The Bertz CT molecular complexity index is 333. The fourth-order valence-corrected chi connectivity index (χ4v) is 1.95. The van der Waals surface area contributed by atoms with Crippen LogP contribution in [0.4, 0.5) is 5.00 Å². The summed E-state index contributed by atoms with van der Waals surface area (Å²) in [6.45, 7) is 2.10. The molecule has 1 atom stereocenters. The van der Waals surface area contributed by atoms with Crippen molar-refractivity contribution in [1.82, 2.24) is 0 Å². The van der Waals surface area contributed by atoms with Gasteiger partial charge in [0.1, 0.15) is 5.60 Å². The summed E-state index contributed by atoms with van der Waals surface area (Å²) in [5, 5.41) is 10.6. The van der Waals surface area contributed by atoms with Gasteiger partial charge in [-0.3, -0.25) is 10.1 Å². The van der Waals surface area contributed by atoms with Crippen LogP contribution >= 0.6 is 11.3 Å². The molecule has 5 nitrogen and oxygen atoms in total. The Morgan fingerprint density at radius 2 is 2.36 bits per heavy atom. The number of nitrogens with zero attached hydrogens (tertiary/aromatic N) is 1. The second-order valence-electron chi connectivity index (χ2n) is 3.03. The van der Waals surface area contributed by atoms with Gasteiger partial charge < -0.3 is 10.5 Å². The summed E-state index contributed by atoms with van der Waals surface area (Å²) in [7, 11) is 1.54. The Labute approximate surface area is 85.6 Å². The minimum atomic E-state index is -0.626. The number of hydrogen-bond acceptors (Lipinski definition) is 5. The Kier molecular flexibility index (Phi) is 3.20. The molecule has 0 radical (unpaired) electrons. The number of nitro groups is 1. The fraction of sp³-hybridized carbons (Fsp3) is 0.500. The predicted molar refractivity (Wildman–Crippen MR) is 54.4 cm³/mol. The normalized spacial score (nSPS) is 15.1. The molecule has 2 N–H and O–H groups in total. The maximum atomic E-state index is 10.5. The largest absolute Gasteiger partial charge is 0.372 e. The van der Waals surface area contributed by atoms with Gasteiger partial charge in [-0.1, -0.05) is 11.3 Å². The lowest BCUT2D eigenvalue weighted by Gasteiger charge is -2.24. The molecule has 0 aliphatic carbocycles. The summed E-state index contributed by atoms with van der Waals surface area (Å²) in [5.41, 5.74) is 4.92. The van der Waals surface area contributed by atoms with Crippen LogP contribution in [0.5, 0.6) is 0 Å². The van der Waals surface area contributed by atoms with Gasteiger partial charge in [0.05, 0.1) is 4.92 Å². The second kappa shape index (κ2) is 4.04. The summed E-state index contributed by atoms with van der Waals surface area (Å²) in [6.07, 6.45) is 0. The molecule has 78 valence electrons. The monoisotopic (exact) mass is 216 g/mol. The number of methoxy groups -OCH3 is 1. The standard InChI is InChI=1S/C8H12N2O3S/c1-8(5-9,13-2)6-3-4-7(14-6)10(11)12/h3-4H,5,9H2,1-2H3. The van der Waals surface area contributed by atoms with Gasteiger partial charge in [0.25, 0.3) is 0 Å². The first-order valence-electron chi connectivity index (χ1n) is 4.03. The summed E-state index contributed by atoms with van der Waals surface area (Å²) in [6, 6.07) is 3.14. The highest BCUT2D eigenvalue weighted by molar-refractivity contribution is 7.15. The molecule has 14 heavy (non-hydrogen) atoms. The molecule has 0 bridgehead atoms. The van der Waals surface area contributed by atoms with Gasteiger partial charge >= 0.3 is 5.00 Å². The van der Waals surface area contributed by atoms with E-state index in [-0.39, 0.29) is 5.00 Å². The van der Waals surface area contributed by atoms with Crippen LogP contribution in [0.2, 0.25) is 0 Å². The maximum absolute atomic E-state index is 10.5. The molecule has 1 heterocycles. The summed E-state index contributed by atoms with van der Waals surface area (Å²) in [5.74, 6) is 0. The van der Waals surface area contributed by atoms with Crippen LogP contribution < -0.4 is 5.73 Å². The van der Waals surface area contributed by atoms with Crippen molar-refractivity contribution in [3.05, 3.63) is 27.1 Å². The second-order valence-corrected chi connectivity index (χ2v) is 4.10. The summed E-state index contributed by atoms with van der Waals surface area (Å²) < 4.78 is 5.23. The molecule has 1 aromatic heterocycles. The Hall–Kier alpha value is -0.980. The first-order chi connectivity index (χ1) is 6.53. The molecule has 0 amide bonds. The van der Waals surface area contributed by atoms with Gasteiger partial charge in [0.15, 0.2) is 0 Å². The van der Waals surface area contributed by atoms with E-state index in [1.54, 1.807) is 13.2 Å². The molecule has 0 saturated heterocycles. The molecule has 1 rings (SSSR count). The first kappa shape index (κ1) is 11.1. The zero-order chi connectivity index (χ0) is 10.8.